The highest BCUT2D eigenvalue weighted by Crippen LogP contribution is 2.24. The van der Waals surface area contributed by atoms with Gasteiger partial charge in [0.25, 0.3) is 0 Å². The minimum Gasteiger partial charge on any atom is -0.372 e. The second-order valence-electron chi connectivity index (χ2n) is 6.50. The molecule has 25 heavy (non-hydrogen) atoms. The Balaban J connectivity index is 2.03. The number of sulfonamides is 1. The van der Waals surface area contributed by atoms with Gasteiger partial charge in [-0.25, -0.2) is 8.42 Å². The number of nitrogens with one attached hydrogen (secondary N) is 1. The molecule has 0 saturated carbocycles. The fourth-order valence-electron chi connectivity index (χ4n) is 3.08. The Morgan fingerprint density at radius 1 is 1.16 bits per heavy atom. The number of carbonyl (C=O) groups excluding carboxylic acids is 1. The van der Waals surface area contributed by atoms with Crippen molar-refractivity contribution in [3.05, 3.63) is 24.3 Å². The van der Waals surface area contributed by atoms with Gasteiger partial charge in [-0.1, -0.05) is 6.92 Å². The summed E-state index contributed by atoms with van der Waals surface area (Å²) in [4.78, 5) is 13.9. The van der Waals surface area contributed by atoms with E-state index in [1.165, 1.54) is 29.8 Å². The summed E-state index contributed by atoms with van der Waals surface area (Å²) in [6.07, 6.45) is 6.12. The van der Waals surface area contributed by atoms with Crippen LogP contribution in [-0.2, 0) is 14.8 Å². The van der Waals surface area contributed by atoms with Gasteiger partial charge in [-0.15, -0.1) is 0 Å². The van der Waals surface area contributed by atoms with Gasteiger partial charge >= 0.3 is 0 Å². The van der Waals surface area contributed by atoms with E-state index in [1.807, 2.05) is 31.2 Å². The van der Waals surface area contributed by atoms with Crippen molar-refractivity contribution in [3.63, 3.8) is 0 Å². The molecule has 1 saturated heterocycles. The molecule has 7 heteroatoms. The molecule has 1 fully saturated rings. The van der Waals surface area contributed by atoms with Crippen molar-refractivity contribution in [2.75, 3.05) is 41.6 Å². The Morgan fingerprint density at radius 2 is 1.80 bits per heavy atom. The molecular weight excluding hydrogens is 338 g/mol. The first kappa shape index (κ1) is 19.6. The Morgan fingerprint density at radius 3 is 2.36 bits per heavy atom. The second-order valence-corrected chi connectivity index (χ2v) is 8.41. The molecule has 1 heterocycles. The van der Waals surface area contributed by atoms with Gasteiger partial charge in [-0.2, -0.15) is 0 Å². The molecule has 1 aromatic rings. The molecule has 1 amide bonds. The van der Waals surface area contributed by atoms with Crippen LogP contribution >= 0.6 is 0 Å². The van der Waals surface area contributed by atoms with Crippen molar-refractivity contribution in [3.8, 4) is 0 Å². The summed E-state index contributed by atoms with van der Waals surface area (Å²) >= 11 is 0. The third-order valence-corrected chi connectivity index (χ3v) is 5.57. The Labute approximate surface area is 151 Å². The van der Waals surface area contributed by atoms with Crippen LogP contribution in [0.1, 0.15) is 39.0 Å². The molecule has 0 aliphatic carbocycles. The zero-order valence-corrected chi connectivity index (χ0v) is 16.0. The third kappa shape index (κ3) is 5.92. The van der Waals surface area contributed by atoms with Crippen molar-refractivity contribution in [2.45, 2.75) is 39.0 Å². The number of anilines is 2. The maximum absolute atomic E-state index is 12.1. The molecule has 2 rings (SSSR count). The summed E-state index contributed by atoms with van der Waals surface area (Å²) in [5.74, 6) is -0.0450. The number of nitrogens with zero attached hydrogens (tertiary/aromatic N) is 2. The van der Waals surface area contributed by atoms with Gasteiger partial charge in [0.05, 0.1) is 18.5 Å². The number of rotatable bonds is 8. The van der Waals surface area contributed by atoms with E-state index in [-0.39, 0.29) is 12.5 Å². The fraction of sp³-hybridized carbons (Fsp3) is 0.611. The minimum absolute atomic E-state index is 0.0450. The van der Waals surface area contributed by atoms with E-state index in [4.69, 9.17) is 0 Å². The maximum Gasteiger partial charge on any atom is 0.232 e. The lowest BCUT2D eigenvalue weighted by molar-refractivity contribution is -0.121. The molecule has 6 nitrogen and oxygen atoms in total. The first-order valence-electron chi connectivity index (χ1n) is 9.01. The highest BCUT2D eigenvalue weighted by molar-refractivity contribution is 7.92. The Bertz CT molecular complexity index is 653. The minimum atomic E-state index is -3.40. The van der Waals surface area contributed by atoms with Crippen molar-refractivity contribution < 1.29 is 13.2 Å². The number of amides is 1. The van der Waals surface area contributed by atoms with Crippen molar-refractivity contribution in [2.24, 2.45) is 0 Å². The summed E-state index contributed by atoms with van der Waals surface area (Å²) in [5, 5.41) is 2.77. The van der Waals surface area contributed by atoms with Crippen LogP contribution in [0.15, 0.2) is 24.3 Å². The van der Waals surface area contributed by atoms with Crippen molar-refractivity contribution >= 4 is 27.3 Å². The largest absolute Gasteiger partial charge is 0.372 e. The normalized spacial score (nSPS) is 15.0. The van der Waals surface area contributed by atoms with Crippen LogP contribution in [0.5, 0.6) is 0 Å². The topological polar surface area (TPSA) is 69.7 Å². The van der Waals surface area contributed by atoms with Crippen molar-refractivity contribution in [1.82, 2.24) is 5.32 Å². The molecule has 1 aliphatic rings. The van der Waals surface area contributed by atoms with Gasteiger partial charge in [0.2, 0.25) is 15.9 Å². The van der Waals surface area contributed by atoms with Gasteiger partial charge in [-0.3, -0.25) is 9.10 Å². The predicted molar refractivity (Wildman–Crippen MR) is 103 cm³/mol. The second kappa shape index (κ2) is 9.08. The molecule has 1 N–H and O–H groups in total. The summed E-state index contributed by atoms with van der Waals surface area (Å²) in [6, 6.07) is 7.65. The van der Waals surface area contributed by atoms with Crippen LogP contribution in [0.3, 0.4) is 0 Å². The van der Waals surface area contributed by atoms with Crippen LogP contribution in [0, 0.1) is 0 Å². The SMILES string of the molecule is CCCC(=O)NCCN(c1ccc(N2CCCCC2)cc1)S(C)(=O)=O. The highest BCUT2D eigenvalue weighted by atomic mass is 32.2. The smallest absolute Gasteiger partial charge is 0.232 e. The van der Waals surface area contributed by atoms with Crippen LogP contribution < -0.4 is 14.5 Å². The molecule has 0 radical (unpaired) electrons. The molecule has 0 atom stereocenters. The lowest BCUT2D eigenvalue weighted by Gasteiger charge is -2.29. The number of hydrogen-bond donors (Lipinski definition) is 1. The monoisotopic (exact) mass is 367 g/mol. The zero-order chi connectivity index (χ0) is 18.3. The number of piperidine rings is 1. The molecule has 0 aromatic heterocycles. The van der Waals surface area contributed by atoms with E-state index < -0.39 is 10.0 Å². The lowest BCUT2D eigenvalue weighted by atomic mass is 10.1. The van der Waals surface area contributed by atoms with E-state index in [2.05, 4.69) is 10.2 Å². The summed E-state index contributed by atoms with van der Waals surface area (Å²) in [6.45, 7) is 4.58. The quantitative estimate of drug-likeness (QED) is 0.766. The maximum atomic E-state index is 12.1. The average Bonchev–Trinajstić information content (AvgIpc) is 2.59. The first-order chi connectivity index (χ1) is 11.9. The summed E-state index contributed by atoms with van der Waals surface area (Å²) in [7, 11) is -3.40. The standard InChI is InChI=1S/C18H29N3O3S/c1-3-7-18(22)19-12-15-21(25(2,23)24)17-10-8-16(9-11-17)20-13-5-4-6-14-20/h8-11H,3-7,12-15H2,1-2H3,(H,19,22). The predicted octanol–water partition coefficient (Wildman–Crippen LogP) is 2.36. The van der Waals surface area contributed by atoms with E-state index in [9.17, 15) is 13.2 Å². The van der Waals surface area contributed by atoms with E-state index in [0.29, 0.717) is 18.7 Å². The molecular formula is C18H29N3O3S. The Kier molecular flexibility index (Phi) is 7.11. The van der Waals surface area contributed by atoms with Crippen LogP contribution in [0.25, 0.3) is 0 Å². The van der Waals surface area contributed by atoms with Gasteiger partial charge in [0, 0.05) is 31.7 Å². The molecule has 1 aliphatic heterocycles. The van der Waals surface area contributed by atoms with Gasteiger partial charge in [0.1, 0.15) is 0 Å². The van der Waals surface area contributed by atoms with Crippen LogP contribution in [0.2, 0.25) is 0 Å². The average molecular weight is 368 g/mol. The van der Waals surface area contributed by atoms with Crippen LogP contribution in [-0.4, -0.2) is 46.8 Å². The Hall–Kier alpha value is -1.76. The molecule has 140 valence electrons. The number of benzene rings is 1. The van der Waals surface area contributed by atoms with Gasteiger partial charge in [0.15, 0.2) is 0 Å². The molecule has 0 bridgehead atoms. The number of carbonyl (C=O) groups is 1. The van der Waals surface area contributed by atoms with E-state index in [1.54, 1.807) is 0 Å². The zero-order valence-electron chi connectivity index (χ0n) is 15.2. The third-order valence-electron chi connectivity index (χ3n) is 4.37. The van der Waals surface area contributed by atoms with E-state index >= 15 is 0 Å². The van der Waals surface area contributed by atoms with Gasteiger partial charge < -0.3 is 10.2 Å². The van der Waals surface area contributed by atoms with E-state index in [0.717, 1.165) is 25.2 Å². The molecule has 1 aromatic carbocycles. The highest BCUT2D eigenvalue weighted by Gasteiger charge is 2.18. The summed E-state index contributed by atoms with van der Waals surface area (Å²) < 4.78 is 25.6. The van der Waals surface area contributed by atoms with Crippen molar-refractivity contribution in [1.29, 1.82) is 0 Å². The fourth-order valence-corrected chi connectivity index (χ4v) is 4.01. The number of hydrogen-bond acceptors (Lipinski definition) is 4. The van der Waals surface area contributed by atoms with Crippen LogP contribution in [0.4, 0.5) is 11.4 Å². The molecule has 0 spiro atoms. The van der Waals surface area contributed by atoms with Gasteiger partial charge in [-0.05, 0) is 49.9 Å². The first-order valence-corrected chi connectivity index (χ1v) is 10.9. The molecule has 0 unspecified atom stereocenters. The lowest BCUT2D eigenvalue weighted by Crippen LogP contribution is -2.38. The summed E-state index contributed by atoms with van der Waals surface area (Å²) in [5.41, 5.74) is 1.76.